The van der Waals surface area contributed by atoms with Crippen molar-refractivity contribution in [1.82, 2.24) is 0 Å². The zero-order valence-electron chi connectivity index (χ0n) is 11.0. The summed E-state index contributed by atoms with van der Waals surface area (Å²) in [6.07, 6.45) is -5.12. The molecule has 0 aromatic heterocycles. The fourth-order valence-corrected chi connectivity index (χ4v) is 2.24. The zero-order valence-corrected chi connectivity index (χ0v) is 12.6. The summed E-state index contributed by atoms with van der Waals surface area (Å²) in [5, 5.41) is 9.73. The highest BCUT2D eigenvalue weighted by atomic mass is 79.9. The summed E-state index contributed by atoms with van der Waals surface area (Å²) in [6, 6.07) is 4.59. The highest BCUT2D eigenvalue weighted by molar-refractivity contribution is 9.10. The predicted molar refractivity (Wildman–Crippen MR) is 73.3 cm³/mol. The van der Waals surface area contributed by atoms with E-state index in [-0.39, 0.29) is 6.04 Å². The van der Waals surface area contributed by atoms with Gasteiger partial charge in [0.15, 0.2) is 0 Å². The van der Waals surface area contributed by atoms with Crippen LogP contribution >= 0.6 is 15.9 Å². The van der Waals surface area contributed by atoms with Gasteiger partial charge in [0, 0.05) is 21.8 Å². The molecule has 0 spiro atoms. The maximum Gasteiger partial charge on any atom is 0.405 e. The van der Waals surface area contributed by atoms with E-state index < -0.39 is 18.8 Å². The molecule has 1 aromatic rings. The Morgan fingerprint density at radius 3 is 2.26 bits per heavy atom. The van der Waals surface area contributed by atoms with E-state index in [9.17, 15) is 18.3 Å². The molecule has 19 heavy (non-hydrogen) atoms. The Kier molecular flexibility index (Phi) is 5.26. The van der Waals surface area contributed by atoms with Crippen LogP contribution in [-0.2, 0) is 0 Å². The second-order valence-corrected chi connectivity index (χ2v) is 5.63. The number of alkyl halides is 3. The van der Waals surface area contributed by atoms with Crippen LogP contribution in [-0.4, -0.2) is 23.9 Å². The number of rotatable bonds is 4. The fraction of sp³-hybridized carbons (Fsp3) is 0.538. The standard InChI is InChI=1S/C13H17BrF3NO/c1-8(2)18(7-13(15,16)17)12-5-4-10(14)6-11(12)9(3)19/h4-6,8-9,19H,7H2,1-3H3. The zero-order chi connectivity index (χ0) is 14.8. The average molecular weight is 340 g/mol. The number of halogens is 4. The molecule has 1 aromatic carbocycles. The van der Waals surface area contributed by atoms with Crippen LogP contribution in [0.3, 0.4) is 0 Å². The van der Waals surface area contributed by atoms with Gasteiger partial charge in [-0.05, 0) is 39.0 Å². The van der Waals surface area contributed by atoms with Crippen LogP contribution in [0.25, 0.3) is 0 Å². The molecule has 2 nitrogen and oxygen atoms in total. The number of hydrogen-bond donors (Lipinski definition) is 1. The van der Waals surface area contributed by atoms with Gasteiger partial charge >= 0.3 is 6.18 Å². The van der Waals surface area contributed by atoms with E-state index in [1.807, 2.05) is 0 Å². The van der Waals surface area contributed by atoms with E-state index in [2.05, 4.69) is 15.9 Å². The molecule has 1 N–H and O–H groups in total. The van der Waals surface area contributed by atoms with E-state index in [1.165, 1.54) is 11.8 Å². The summed E-state index contributed by atoms with van der Waals surface area (Å²) in [5.74, 6) is 0. The van der Waals surface area contributed by atoms with Gasteiger partial charge in [-0.15, -0.1) is 0 Å². The van der Waals surface area contributed by atoms with Crippen LogP contribution in [0.1, 0.15) is 32.4 Å². The summed E-state index contributed by atoms with van der Waals surface area (Å²) in [4.78, 5) is 1.24. The number of hydrogen-bond acceptors (Lipinski definition) is 2. The third-order valence-electron chi connectivity index (χ3n) is 2.72. The first-order valence-electron chi connectivity index (χ1n) is 5.92. The molecule has 0 radical (unpaired) electrons. The van der Waals surface area contributed by atoms with Gasteiger partial charge < -0.3 is 10.0 Å². The number of nitrogens with zero attached hydrogens (tertiary/aromatic N) is 1. The fourth-order valence-electron chi connectivity index (χ4n) is 1.86. The molecule has 108 valence electrons. The smallest absolute Gasteiger partial charge is 0.389 e. The Morgan fingerprint density at radius 1 is 1.26 bits per heavy atom. The molecule has 0 saturated heterocycles. The Labute approximate surface area is 119 Å². The van der Waals surface area contributed by atoms with E-state index in [0.717, 1.165) is 4.47 Å². The van der Waals surface area contributed by atoms with Gasteiger partial charge in [-0.1, -0.05) is 15.9 Å². The Balaban J connectivity index is 3.23. The molecule has 1 atom stereocenters. The molecule has 0 aliphatic rings. The van der Waals surface area contributed by atoms with E-state index >= 15 is 0 Å². The second-order valence-electron chi connectivity index (χ2n) is 4.72. The summed E-state index contributed by atoms with van der Waals surface area (Å²) < 4.78 is 38.7. The molecule has 1 unspecified atom stereocenters. The molecular weight excluding hydrogens is 323 g/mol. The number of aliphatic hydroxyl groups excluding tert-OH is 1. The summed E-state index contributed by atoms with van der Waals surface area (Å²) >= 11 is 3.26. The van der Waals surface area contributed by atoms with Gasteiger partial charge in [0.2, 0.25) is 0 Å². The van der Waals surface area contributed by atoms with Crippen LogP contribution in [0.4, 0.5) is 18.9 Å². The van der Waals surface area contributed by atoms with Crippen molar-refractivity contribution in [3.05, 3.63) is 28.2 Å². The van der Waals surface area contributed by atoms with Crippen LogP contribution in [0.2, 0.25) is 0 Å². The first-order chi connectivity index (χ1) is 8.61. The number of anilines is 1. The van der Waals surface area contributed by atoms with Gasteiger partial charge in [0.05, 0.1) is 6.10 Å². The van der Waals surface area contributed by atoms with Gasteiger partial charge in [0.25, 0.3) is 0 Å². The molecule has 0 bridgehead atoms. The molecule has 0 aliphatic carbocycles. The minimum Gasteiger partial charge on any atom is -0.389 e. The topological polar surface area (TPSA) is 23.5 Å². The summed E-state index contributed by atoms with van der Waals surface area (Å²) in [5.41, 5.74) is 0.887. The van der Waals surface area contributed by atoms with Gasteiger partial charge in [-0.3, -0.25) is 0 Å². The van der Waals surface area contributed by atoms with Crippen molar-refractivity contribution in [2.45, 2.75) is 39.1 Å². The number of aliphatic hydroxyl groups is 1. The molecule has 0 amide bonds. The largest absolute Gasteiger partial charge is 0.405 e. The van der Waals surface area contributed by atoms with Gasteiger partial charge in [0.1, 0.15) is 6.54 Å². The Morgan fingerprint density at radius 2 is 1.84 bits per heavy atom. The lowest BCUT2D eigenvalue weighted by Gasteiger charge is -2.32. The lowest BCUT2D eigenvalue weighted by Crippen LogP contribution is -2.39. The van der Waals surface area contributed by atoms with Crippen LogP contribution in [0.15, 0.2) is 22.7 Å². The quantitative estimate of drug-likeness (QED) is 0.884. The monoisotopic (exact) mass is 339 g/mol. The lowest BCUT2D eigenvalue weighted by atomic mass is 10.1. The van der Waals surface area contributed by atoms with E-state index in [0.29, 0.717) is 11.3 Å². The first kappa shape index (κ1) is 16.3. The lowest BCUT2D eigenvalue weighted by molar-refractivity contribution is -0.120. The summed E-state index contributed by atoms with van der Waals surface area (Å²) in [6.45, 7) is 3.89. The number of benzene rings is 1. The van der Waals surface area contributed by atoms with Crippen molar-refractivity contribution in [3.63, 3.8) is 0 Å². The third kappa shape index (κ3) is 4.69. The van der Waals surface area contributed by atoms with Crippen molar-refractivity contribution in [2.24, 2.45) is 0 Å². The Bertz CT molecular complexity index is 432. The average Bonchev–Trinajstić information content (AvgIpc) is 2.24. The minimum absolute atomic E-state index is 0.319. The second kappa shape index (κ2) is 6.13. The normalized spacial score (nSPS) is 13.7. The van der Waals surface area contributed by atoms with Crippen molar-refractivity contribution in [1.29, 1.82) is 0 Å². The van der Waals surface area contributed by atoms with Crippen molar-refractivity contribution in [3.8, 4) is 0 Å². The molecule has 0 saturated carbocycles. The summed E-state index contributed by atoms with van der Waals surface area (Å²) in [7, 11) is 0. The van der Waals surface area contributed by atoms with Crippen LogP contribution in [0, 0.1) is 0 Å². The predicted octanol–water partition coefficient (Wildman–Crippen LogP) is 4.28. The SMILES string of the molecule is CC(O)c1cc(Br)ccc1N(CC(F)(F)F)C(C)C. The molecule has 6 heteroatoms. The maximum atomic E-state index is 12.7. The van der Waals surface area contributed by atoms with E-state index in [1.54, 1.807) is 32.0 Å². The highest BCUT2D eigenvalue weighted by Crippen LogP contribution is 2.32. The Hall–Kier alpha value is -0.750. The van der Waals surface area contributed by atoms with Gasteiger partial charge in [-0.25, -0.2) is 0 Å². The van der Waals surface area contributed by atoms with Crippen molar-refractivity contribution < 1.29 is 18.3 Å². The van der Waals surface area contributed by atoms with E-state index in [4.69, 9.17) is 0 Å². The minimum atomic E-state index is -4.28. The molecular formula is C13H17BrF3NO. The van der Waals surface area contributed by atoms with Crippen LogP contribution < -0.4 is 4.90 Å². The molecule has 0 heterocycles. The van der Waals surface area contributed by atoms with Crippen LogP contribution in [0.5, 0.6) is 0 Å². The van der Waals surface area contributed by atoms with Crippen molar-refractivity contribution in [2.75, 3.05) is 11.4 Å². The van der Waals surface area contributed by atoms with Crippen molar-refractivity contribution >= 4 is 21.6 Å². The maximum absolute atomic E-state index is 12.7. The first-order valence-corrected chi connectivity index (χ1v) is 6.72. The molecule has 0 aliphatic heterocycles. The van der Waals surface area contributed by atoms with Gasteiger partial charge in [-0.2, -0.15) is 13.2 Å². The highest BCUT2D eigenvalue weighted by Gasteiger charge is 2.33. The third-order valence-corrected chi connectivity index (χ3v) is 3.22. The molecule has 0 fully saturated rings. The molecule has 1 rings (SSSR count).